The normalized spacial score (nSPS) is 19.0. The van der Waals surface area contributed by atoms with Crippen LogP contribution in [0.4, 0.5) is 5.00 Å². The molecule has 5 nitrogen and oxygen atoms in total. The minimum absolute atomic E-state index is 0.336. The average Bonchev–Trinajstić information content (AvgIpc) is 2.98. The van der Waals surface area contributed by atoms with Crippen molar-refractivity contribution in [3.8, 4) is 17.2 Å². The molecular formula is C23H24N2O3S. The van der Waals surface area contributed by atoms with E-state index >= 15 is 0 Å². The van der Waals surface area contributed by atoms with Gasteiger partial charge in [0.1, 0.15) is 11.1 Å². The molecule has 0 saturated carbocycles. The number of anilines is 1. The summed E-state index contributed by atoms with van der Waals surface area (Å²) in [6.45, 7) is 7.79. The van der Waals surface area contributed by atoms with Gasteiger partial charge in [0.05, 0.1) is 17.4 Å². The molecule has 6 heteroatoms. The Hall–Kier alpha value is -2.91. The van der Waals surface area contributed by atoms with Crippen LogP contribution in [0.25, 0.3) is 11.1 Å². The molecule has 1 heterocycles. The number of allylic oxidation sites excluding steroid dienone is 2. The number of carboxylic acid groups (broad SMARTS) is 1. The van der Waals surface area contributed by atoms with E-state index < -0.39 is 17.8 Å². The summed E-state index contributed by atoms with van der Waals surface area (Å²) in [5, 5.41) is 22.7. The second-order valence-corrected chi connectivity index (χ2v) is 8.95. The van der Waals surface area contributed by atoms with Crippen LogP contribution in [0.3, 0.4) is 0 Å². The summed E-state index contributed by atoms with van der Waals surface area (Å²) in [4.78, 5) is 25.7. The fourth-order valence-electron chi connectivity index (χ4n) is 3.84. The van der Waals surface area contributed by atoms with Crippen LogP contribution in [0.5, 0.6) is 0 Å². The van der Waals surface area contributed by atoms with Gasteiger partial charge in [0.15, 0.2) is 0 Å². The third-order valence-corrected chi connectivity index (χ3v) is 6.71. The number of nitrogens with one attached hydrogen (secondary N) is 1. The van der Waals surface area contributed by atoms with Gasteiger partial charge in [-0.2, -0.15) is 5.26 Å². The number of carboxylic acids is 1. The first-order valence-corrected chi connectivity index (χ1v) is 10.3. The van der Waals surface area contributed by atoms with Crippen LogP contribution in [0.2, 0.25) is 0 Å². The first-order valence-electron chi connectivity index (χ1n) is 9.52. The van der Waals surface area contributed by atoms with Crippen molar-refractivity contribution in [3.63, 3.8) is 0 Å². The second-order valence-electron chi connectivity index (χ2n) is 7.72. The number of rotatable bonds is 4. The Morgan fingerprint density at radius 1 is 1.07 bits per heavy atom. The summed E-state index contributed by atoms with van der Waals surface area (Å²) in [6, 6.07) is 10.1. The number of nitriles is 1. The number of thiophene rings is 1. The van der Waals surface area contributed by atoms with Gasteiger partial charge < -0.3 is 10.4 Å². The van der Waals surface area contributed by atoms with Crippen LogP contribution in [-0.2, 0) is 9.59 Å². The van der Waals surface area contributed by atoms with Crippen molar-refractivity contribution in [1.82, 2.24) is 0 Å². The molecule has 1 aromatic heterocycles. The molecule has 3 rings (SSSR count). The van der Waals surface area contributed by atoms with E-state index in [1.54, 1.807) is 0 Å². The van der Waals surface area contributed by atoms with Gasteiger partial charge in [-0.1, -0.05) is 41.0 Å². The van der Waals surface area contributed by atoms with Gasteiger partial charge in [0.2, 0.25) is 5.91 Å². The third kappa shape index (κ3) is 4.10. The summed E-state index contributed by atoms with van der Waals surface area (Å²) < 4.78 is 0. The molecule has 1 aromatic carbocycles. The van der Waals surface area contributed by atoms with E-state index in [0.29, 0.717) is 23.4 Å². The molecule has 2 aromatic rings. The lowest BCUT2D eigenvalue weighted by molar-refractivity contribution is -0.146. The monoisotopic (exact) mass is 408 g/mol. The standard InChI is InChI=1S/C23H24N2O3S/c1-12-5-7-16(8-6-12)20-15(4)29-22(19(20)11-24)25-21(26)17-9-13(2)14(3)10-18(17)23(27)28/h5-8,17-18H,9-10H2,1-4H3,(H,25,26)(H,27,28)/t17-,18+/m0/s1. The van der Waals surface area contributed by atoms with Gasteiger partial charge >= 0.3 is 5.97 Å². The van der Waals surface area contributed by atoms with E-state index in [2.05, 4.69) is 11.4 Å². The van der Waals surface area contributed by atoms with E-state index in [-0.39, 0.29) is 5.91 Å². The highest BCUT2D eigenvalue weighted by Crippen LogP contribution is 2.41. The molecule has 1 amide bonds. The van der Waals surface area contributed by atoms with E-state index in [4.69, 9.17) is 0 Å². The number of aliphatic carboxylic acids is 1. The number of aryl methyl sites for hydroxylation is 2. The lowest BCUT2D eigenvalue weighted by Crippen LogP contribution is -2.36. The Morgan fingerprint density at radius 3 is 2.21 bits per heavy atom. The zero-order valence-electron chi connectivity index (χ0n) is 17.0. The molecule has 150 valence electrons. The van der Waals surface area contributed by atoms with E-state index in [1.807, 2.05) is 52.0 Å². The summed E-state index contributed by atoms with van der Waals surface area (Å²) in [7, 11) is 0. The number of nitrogens with zero attached hydrogens (tertiary/aromatic N) is 1. The van der Waals surface area contributed by atoms with Crippen molar-refractivity contribution in [2.75, 3.05) is 5.32 Å². The Kier molecular flexibility index (Phi) is 5.90. The quantitative estimate of drug-likeness (QED) is 0.673. The van der Waals surface area contributed by atoms with Crippen molar-refractivity contribution in [2.24, 2.45) is 11.8 Å². The molecule has 0 bridgehead atoms. The number of carbonyl (C=O) groups is 2. The minimum Gasteiger partial charge on any atom is -0.481 e. The highest BCUT2D eigenvalue weighted by molar-refractivity contribution is 7.17. The zero-order valence-corrected chi connectivity index (χ0v) is 17.8. The molecule has 2 atom stereocenters. The fourth-order valence-corrected chi connectivity index (χ4v) is 4.87. The van der Waals surface area contributed by atoms with Crippen LogP contribution in [-0.4, -0.2) is 17.0 Å². The lowest BCUT2D eigenvalue weighted by Gasteiger charge is -2.29. The number of hydrogen-bond acceptors (Lipinski definition) is 4. The van der Waals surface area contributed by atoms with Crippen LogP contribution in [0.15, 0.2) is 35.4 Å². The Labute approximate surface area is 174 Å². The second kappa shape index (κ2) is 8.22. The summed E-state index contributed by atoms with van der Waals surface area (Å²) in [5.74, 6) is -2.69. The molecule has 0 radical (unpaired) electrons. The zero-order chi connectivity index (χ0) is 21.3. The van der Waals surface area contributed by atoms with E-state index in [1.165, 1.54) is 11.3 Å². The predicted octanol–water partition coefficient (Wildman–Crippen LogP) is 5.29. The minimum atomic E-state index is -0.958. The molecule has 0 saturated heterocycles. The van der Waals surface area contributed by atoms with Crippen LogP contribution < -0.4 is 5.32 Å². The molecular weight excluding hydrogens is 384 g/mol. The van der Waals surface area contributed by atoms with Gasteiger partial charge in [0, 0.05) is 10.4 Å². The first-order chi connectivity index (χ1) is 13.7. The Balaban J connectivity index is 1.93. The molecule has 0 unspecified atom stereocenters. The Morgan fingerprint density at radius 2 is 1.66 bits per heavy atom. The largest absolute Gasteiger partial charge is 0.481 e. The van der Waals surface area contributed by atoms with Gasteiger partial charge in [-0.25, -0.2) is 0 Å². The molecule has 0 fully saturated rings. The van der Waals surface area contributed by atoms with Crippen LogP contribution in [0.1, 0.15) is 42.7 Å². The molecule has 0 aliphatic heterocycles. The highest BCUT2D eigenvalue weighted by Gasteiger charge is 2.37. The predicted molar refractivity (Wildman–Crippen MR) is 115 cm³/mol. The first kappa shape index (κ1) is 20.8. The van der Waals surface area contributed by atoms with Crippen LogP contribution in [0, 0.1) is 37.0 Å². The van der Waals surface area contributed by atoms with E-state index in [9.17, 15) is 20.0 Å². The summed E-state index contributed by atoms with van der Waals surface area (Å²) in [6.07, 6.45) is 0.800. The molecule has 2 N–H and O–H groups in total. The van der Waals surface area contributed by atoms with Gasteiger partial charge in [-0.05, 0) is 46.1 Å². The summed E-state index contributed by atoms with van der Waals surface area (Å²) >= 11 is 1.35. The van der Waals surface area contributed by atoms with Crippen molar-refractivity contribution in [1.29, 1.82) is 5.26 Å². The number of carbonyl (C=O) groups excluding carboxylic acids is 1. The number of amides is 1. The number of hydrogen-bond donors (Lipinski definition) is 2. The summed E-state index contributed by atoms with van der Waals surface area (Å²) in [5.41, 5.74) is 5.40. The van der Waals surface area contributed by atoms with Crippen molar-refractivity contribution >= 4 is 28.2 Å². The fraction of sp³-hybridized carbons (Fsp3) is 0.348. The van der Waals surface area contributed by atoms with Gasteiger partial charge in [-0.3, -0.25) is 9.59 Å². The maximum absolute atomic E-state index is 13.0. The number of benzene rings is 1. The SMILES string of the molecule is CC1=C(C)C[C@@H](C(=O)O)[C@@H](C(=O)Nc2sc(C)c(-c3ccc(C)cc3)c2C#N)C1. The molecule has 1 aliphatic carbocycles. The van der Waals surface area contributed by atoms with Gasteiger partial charge in [-0.15, -0.1) is 11.3 Å². The molecule has 0 spiro atoms. The molecule has 1 aliphatic rings. The third-order valence-electron chi connectivity index (χ3n) is 5.69. The Bertz CT molecular complexity index is 1040. The van der Waals surface area contributed by atoms with Crippen molar-refractivity contribution in [3.05, 3.63) is 51.4 Å². The topological polar surface area (TPSA) is 90.2 Å². The highest BCUT2D eigenvalue weighted by atomic mass is 32.1. The smallest absolute Gasteiger partial charge is 0.307 e. The van der Waals surface area contributed by atoms with Crippen LogP contribution >= 0.6 is 11.3 Å². The molecule has 29 heavy (non-hydrogen) atoms. The maximum Gasteiger partial charge on any atom is 0.307 e. The average molecular weight is 409 g/mol. The lowest BCUT2D eigenvalue weighted by atomic mass is 9.76. The van der Waals surface area contributed by atoms with Crippen molar-refractivity contribution in [2.45, 2.75) is 40.5 Å². The van der Waals surface area contributed by atoms with E-state index in [0.717, 1.165) is 32.7 Å². The van der Waals surface area contributed by atoms with Crippen molar-refractivity contribution < 1.29 is 14.7 Å². The van der Waals surface area contributed by atoms with Gasteiger partial charge in [0.25, 0.3) is 0 Å². The maximum atomic E-state index is 13.0.